The van der Waals surface area contributed by atoms with E-state index in [0.29, 0.717) is 0 Å². The normalized spacial score (nSPS) is 16.9. The van der Waals surface area contributed by atoms with Crippen molar-refractivity contribution in [2.24, 2.45) is 17.4 Å². The summed E-state index contributed by atoms with van der Waals surface area (Å²) in [6.45, 7) is 6.00. The van der Waals surface area contributed by atoms with Crippen molar-refractivity contribution < 1.29 is 39.3 Å². The maximum Gasteiger partial charge on any atom is 0.326 e. The van der Waals surface area contributed by atoms with Crippen molar-refractivity contribution in [3.63, 3.8) is 0 Å². The molecule has 13 nitrogen and oxygen atoms in total. The average Bonchev–Trinajstić information content (AvgIpc) is 2.62. The van der Waals surface area contributed by atoms with E-state index < -0.39 is 72.4 Å². The number of nitrogens with one attached hydrogen (secondary N) is 3. The first kappa shape index (κ1) is 28.2. The Bertz CT molecular complexity index is 667. The van der Waals surface area contributed by atoms with Gasteiger partial charge < -0.3 is 42.7 Å². The summed E-state index contributed by atoms with van der Waals surface area (Å²) in [5, 5.41) is 35.2. The molecule has 0 aliphatic rings. The summed E-state index contributed by atoms with van der Waals surface area (Å²) in [4.78, 5) is 59.6. The number of hydrogen-bond acceptors (Lipinski definition) is 8. The highest BCUT2D eigenvalue weighted by molar-refractivity contribution is 5.95. The van der Waals surface area contributed by atoms with Crippen LogP contribution in [-0.2, 0) is 24.0 Å². The summed E-state index contributed by atoms with van der Waals surface area (Å²) in [5.41, 5.74) is 10.5. The van der Waals surface area contributed by atoms with Gasteiger partial charge in [-0.05, 0) is 26.2 Å². The molecule has 31 heavy (non-hydrogen) atoms. The lowest BCUT2D eigenvalue weighted by atomic mass is 10.0. The third-order valence-electron chi connectivity index (χ3n) is 4.25. The van der Waals surface area contributed by atoms with Crippen LogP contribution in [0.4, 0.5) is 0 Å². The second-order valence-corrected chi connectivity index (χ2v) is 7.75. The largest absolute Gasteiger partial charge is 0.480 e. The molecule has 0 saturated heterocycles. The van der Waals surface area contributed by atoms with Gasteiger partial charge in [0.1, 0.15) is 24.2 Å². The lowest BCUT2D eigenvalue weighted by molar-refractivity contribution is -0.144. The Kier molecular flexibility index (Phi) is 11.7. The molecule has 0 aromatic rings. The summed E-state index contributed by atoms with van der Waals surface area (Å²) in [6.07, 6.45) is -3.15. The van der Waals surface area contributed by atoms with Gasteiger partial charge in [0.2, 0.25) is 23.6 Å². The van der Waals surface area contributed by atoms with E-state index in [9.17, 15) is 34.2 Å². The molecule has 0 radical (unpaired) electrons. The van der Waals surface area contributed by atoms with Crippen LogP contribution in [0.15, 0.2) is 0 Å². The molecule has 13 heteroatoms. The Labute approximate surface area is 179 Å². The molecule has 0 aromatic heterocycles. The fraction of sp³-hybridized carbons (Fsp3) is 0.722. The van der Waals surface area contributed by atoms with Crippen LogP contribution in [-0.4, -0.2) is 81.3 Å². The SMILES string of the molecule is CC(C)CC(NC(=O)C(NC(=O)C(N)C(C)O)C(C)O)C(=O)NC(CC(N)=O)C(=O)O. The average molecular weight is 447 g/mol. The molecule has 0 aromatic carbocycles. The van der Waals surface area contributed by atoms with Crippen molar-refractivity contribution >= 4 is 29.6 Å². The van der Waals surface area contributed by atoms with Crippen molar-refractivity contribution in [1.29, 1.82) is 0 Å². The molecule has 0 bridgehead atoms. The molecule has 0 spiro atoms. The van der Waals surface area contributed by atoms with Crippen molar-refractivity contribution in [1.82, 2.24) is 16.0 Å². The smallest absolute Gasteiger partial charge is 0.326 e. The van der Waals surface area contributed by atoms with Gasteiger partial charge in [-0.2, -0.15) is 0 Å². The molecule has 4 amide bonds. The summed E-state index contributed by atoms with van der Waals surface area (Å²) >= 11 is 0. The summed E-state index contributed by atoms with van der Waals surface area (Å²) in [7, 11) is 0. The molecular weight excluding hydrogens is 414 g/mol. The quantitative estimate of drug-likeness (QED) is 0.140. The molecule has 0 aliphatic heterocycles. The number of nitrogens with two attached hydrogens (primary N) is 2. The first-order valence-electron chi connectivity index (χ1n) is 9.71. The predicted octanol–water partition coefficient (Wildman–Crippen LogP) is -3.46. The second kappa shape index (κ2) is 12.8. The van der Waals surface area contributed by atoms with Crippen LogP contribution in [0.25, 0.3) is 0 Å². The number of carbonyl (C=O) groups excluding carboxylic acids is 4. The number of carbonyl (C=O) groups is 5. The molecular formula is C18H33N5O8. The number of carboxylic acid groups (broad SMARTS) is 1. The molecule has 10 N–H and O–H groups in total. The molecule has 6 unspecified atom stereocenters. The Balaban J connectivity index is 5.47. The van der Waals surface area contributed by atoms with Crippen molar-refractivity contribution in [3.05, 3.63) is 0 Å². The van der Waals surface area contributed by atoms with Gasteiger partial charge in [0.15, 0.2) is 0 Å². The second-order valence-electron chi connectivity index (χ2n) is 7.75. The summed E-state index contributed by atoms with van der Waals surface area (Å²) in [5.74, 6) is -5.24. The Hall–Kier alpha value is -2.77. The number of hydrogen-bond donors (Lipinski definition) is 8. The van der Waals surface area contributed by atoms with E-state index in [4.69, 9.17) is 16.6 Å². The van der Waals surface area contributed by atoms with E-state index >= 15 is 0 Å². The van der Waals surface area contributed by atoms with E-state index in [0.717, 1.165) is 0 Å². The number of aliphatic hydroxyl groups is 2. The van der Waals surface area contributed by atoms with Gasteiger partial charge in [-0.15, -0.1) is 0 Å². The fourth-order valence-corrected chi connectivity index (χ4v) is 2.51. The first-order chi connectivity index (χ1) is 14.2. The van der Waals surface area contributed by atoms with Gasteiger partial charge >= 0.3 is 5.97 Å². The molecule has 0 heterocycles. The van der Waals surface area contributed by atoms with E-state index in [-0.39, 0.29) is 12.3 Å². The van der Waals surface area contributed by atoms with Crippen LogP contribution < -0.4 is 27.4 Å². The standard InChI is InChI=1S/C18H33N5O8/c1-7(2)5-10(15(27)22-11(18(30)31)6-12(19)26)21-17(29)14(9(4)25)23-16(28)13(20)8(3)24/h7-11,13-14,24-25H,5-6,20H2,1-4H3,(H2,19,26)(H,21,29)(H,22,27)(H,23,28)(H,30,31). The van der Waals surface area contributed by atoms with E-state index in [1.165, 1.54) is 13.8 Å². The lowest BCUT2D eigenvalue weighted by Crippen LogP contribution is -2.61. The molecule has 0 fully saturated rings. The third kappa shape index (κ3) is 10.2. The van der Waals surface area contributed by atoms with Crippen molar-refractivity contribution in [3.8, 4) is 0 Å². The Morgan fingerprint density at radius 2 is 1.32 bits per heavy atom. The van der Waals surface area contributed by atoms with Crippen LogP contribution in [0.2, 0.25) is 0 Å². The zero-order chi connectivity index (χ0) is 24.5. The number of aliphatic hydroxyl groups excluding tert-OH is 2. The van der Waals surface area contributed by atoms with Crippen LogP contribution in [0.1, 0.15) is 40.5 Å². The summed E-state index contributed by atoms with van der Waals surface area (Å²) < 4.78 is 0. The minimum Gasteiger partial charge on any atom is -0.480 e. The number of rotatable bonds is 13. The van der Waals surface area contributed by atoms with Crippen LogP contribution in [0.5, 0.6) is 0 Å². The first-order valence-corrected chi connectivity index (χ1v) is 9.71. The number of amides is 4. The highest BCUT2D eigenvalue weighted by Gasteiger charge is 2.33. The zero-order valence-corrected chi connectivity index (χ0v) is 18.0. The van der Waals surface area contributed by atoms with Gasteiger partial charge in [0.25, 0.3) is 0 Å². The maximum atomic E-state index is 12.6. The molecule has 0 rings (SSSR count). The van der Waals surface area contributed by atoms with Crippen LogP contribution in [0.3, 0.4) is 0 Å². The van der Waals surface area contributed by atoms with Crippen molar-refractivity contribution in [2.75, 3.05) is 0 Å². The minimum atomic E-state index is -1.59. The highest BCUT2D eigenvalue weighted by Crippen LogP contribution is 2.07. The topological polar surface area (TPSA) is 234 Å². The number of carboxylic acids is 1. The van der Waals surface area contributed by atoms with Gasteiger partial charge in [0, 0.05) is 0 Å². The lowest BCUT2D eigenvalue weighted by Gasteiger charge is -2.27. The maximum absolute atomic E-state index is 12.6. The Morgan fingerprint density at radius 3 is 1.71 bits per heavy atom. The van der Waals surface area contributed by atoms with E-state index in [1.54, 1.807) is 13.8 Å². The van der Waals surface area contributed by atoms with Gasteiger partial charge in [-0.25, -0.2) is 4.79 Å². The molecule has 178 valence electrons. The zero-order valence-electron chi connectivity index (χ0n) is 18.0. The monoisotopic (exact) mass is 447 g/mol. The van der Waals surface area contributed by atoms with E-state index in [2.05, 4.69) is 16.0 Å². The molecule has 6 atom stereocenters. The van der Waals surface area contributed by atoms with Crippen molar-refractivity contribution in [2.45, 2.75) is 76.9 Å². The summed E-state index contributed by atoms with van der Waals surface area (Å²) in [6, 6.07) is -5.67. The number of primary amides is 1. The number of aliphatic carboxylic acids is 1. The molecule has 0 aliphatic carbocycles. The van der Waals surface area contributed by atoms with Crippen LogP contribution >= 0.6 is 0 Å². The molecule has 0 saturated carbocycles. The minimum absolute atomic E-state index is 0.0914. The third-order valence-corrected chi connectivity index (χ3v) is 4.25. The fourth-order valence-electron chi connectivity index (χ4n) is 2.51. The van der Waals surface area contributed by atoms with E-state index in [1.807, 2.05) is 0 Å². The van der Waals surface area contributed by atoms with Crippen LogP contribution in [0, 0.1) is 5.92 Å². The Morgan fingerprint density at radius 1 is 0.806 bits per heavy atom. The van der Waals surface area contributed by atoms with Gasteiger partial charge in [0.05, 0.1) is 18.6 Å². The highest BCUT2D eigenvalue weighted by atomic mass is 16.4. The van der Waals surface area contributed by atoms with Gasteiger partial charge in [-0.3, -0.25) is 19.2 Å². The van der Waals surface area contributed by atoms with Gasteiger partial charge in [-0.1, -0.05) is 13.8 Å². The predicted molar refractivity (Wildman–Crippen MR) is 108 cm³/mol.